The summed E-state index contributed by atoms with van der Waals surface area (Å²) in [5.74, 6) is 0.0537. The number of hydrogen-bond acceptors (Lipinski definition) is 3. The van der Waals surface area contributed by atoms with E-state index < -0.39 is 0 Å². The second-order valence-electron chi connectivity index (χ2n) is 2.49. The Labute approximate surface area is 74.0 Å². The normalized spacial score (nSPS) is 10.3. The molecule has 0 aliphatic rings. The van der Waals surface area contributed by atoms with Crippen molar-refractivity contribution in [3.8, 4) is 5.69 Å². The first-order chi connectivity index (χ1) is 6.27. The predicted molar refractivity (Wildman–Crippen MR) is 43.6 cm³/mol. The second kappa shape index (κ2) is 2.93. The quantitative estimate of drug-likeness (QED) is 0.652. The smallest absolute Gasteiger partial charge is 0.157 e. The van der Waals surface area contributed by atoms with Gasteiger partial charge in [0.05, 0.1) is 5.69 Å². The van der Waals surface area contributed by atoms with E-state index in [2.05, 4.69) is 22.4 Å². The molecule has 0 fully saturated rings. The number of halogens is 1. The maximum atomic E-state index is 12.8. The first kappa shape index (κ1) is 7.85. The molecule has 5 heteroatoms. The molecule has 0 bridgehead atoms. The molecule has 0 aliphatic heterocycles. The number of hydrogen-bond donors (Lipinski definition) is 0. The van der Waals surface area contributed by atoms with Crippen LogP contribution in [-0.4, -0.2) is 20.2 Å². The van der Waals surface area contributed by atoms with Crippen LogP contribution in [0.3, 0.4) is 0 Å². The Kier molecular flexibility index (Phi) is 1.77. The van der Waals surface area contributed by atoms with Gasteiger partial charge in [-0.15, -0.1) is 5.10 Å². The Bertz CT molecular complexity index is 424. The third kappa shape index (κ3) is 1.40. The monoisotopic (exact) mass is 177 g/mol. The van der Waals surface area contributed by atoms with Crippen LogP contribution in [0.5, 0.6) is 0 Å². The molecule has 2 aromatic rings. The maximum Gasteiger partial charge on any atom is 0.157 e. The lowest BCUT2D eigenvalue weighted by Crippen LogP contribution is -1.99. The molecule has 13 heavy (non-hydrogen) atoms. The molecule has 65 valence electrons. The molecule has 1 heterocycles. The molecule has 0 spiro atoms. The Morgan fingerprint density at radius 3 is 2.85 bits per heavy atom. The average molecular weight is 177 g/mol. The molecule has 1 radical (unpaired) electrons. The molecule has 0 saturated carbocycles. The highest BCUT2D eigenvalue weighted by Gasteiger charge is 2.03. The molecule has 4 nitrogen and oxygen atoms in total. The minimum absolute atomic E-state index is 0.326. The Morgan fingerprint density at radius 2 is 2.23 bits per heavy atom. The summed E-state index contributed by atoms with van der Waals surface area (Å²) in [5, 5.41) is 10.7. The third-order valence-corrected chi connectivity index (χ3v) is 1.59. The highest BCUT2D eigenvalue weighted by atomic mass is 19.1. The number of tetrazole rings is 1. The van der Waals surface area contributed by atoms with Gasteiger partial charge in [0.15, 0.2) is 5.82 Å². The van der Waals surface area contributed by atoms with Gasteiger partial charge in [-0.3, -0.25) is 0 Å². The summed E-state index contributed by atoms with van der Waals surface area (Å²) in [5.41, 5.74) is 0.565. The van der Waals surface area contributed by atoms with Crippen LogP contribution in [0.25, 0.3) is 5.69 Å². The molecule has 0 amide bonds. The van der Waals surface area contributed by atoms with Crippen LogP contribution >= 0.6 is 0 Å². The lowest BCUT2D eigenvalue weighted by atomic mass is 10.3. The van der Waals surface area contributed by atoms with E-state index in [0.717, 1.165) is 0 Å². The van der Waals surface area contributed by atoms with Crippen LogP contribution in [0, 0.1) is 12.7 Å². The fourth-order valence-electron chi connectivity index (χ4n) is 1.01. The fourth-order valence-corrected chi connectivity index (χ4v) is 1.01. The van der Waals surface area contributed by atoms with Crippen LogP contribution in [0.2, 0.25) is 0 Å². The van der Waals surface area contributed by atoms with E-state index in [1.165, 1.54) is 16.8 Å². The third-order valence-electron chi connectivity index (χ3n) is 1.59. The predicted octanol–water partition coefficient (Wildman–Crippen LogP) is 0.984. The molecule has 0 aliphatic carbocycles. The second-order valence-corrected chi connectivity index (χ2v) is 2.49. The van der Waals surface area contributed by atoms with Crippen LogP contribution in [0.15, 0.2) is 24.3 Å². The van der Waals surface area contributed by atoms with Crippen molar-refractivity contribution < 1.29 is 4.39 Å². The zero-order valence-electron chi connectivity index (χ0n) is 6.68. The maximum absolute atomic E-state index is 12.8. The minimum atomic E-state index is -0.326. The van der Waals surface area contributed by atoms with Crippen molar-refractivity contribution in [2.24, 2.45) is 0 Å². The van der Waals surface area contributed by atoms with Gasteiger partial charge >= 0.3 is 0 Å². The van der Waals surface area contributed by atoms with Crippen LogP contribution in [0.1, 0.15) is 5.82 Å². The van der Waals surface area contributed by atoms with Gasteiger partial charge in [-0.2, -0.15) is 4.68 Å². The van der Waals surface area contributed by atoms with Gasteiger partial charge < -0.3 is 0 Å². The Balaban J connectivity index is 2.53. The molecule has 1 aromatic heterocycles. The molecule has 0 atom stereocenters. The summed E-state index contributed by atoms with van der Waals surface area (Å²) in [6, 6.07) is 5.99. The average Bonchev–Trinajstić information content (AvgIpc) is 2.51. The van der Waals surface area contributed by atoms with Gasteiger partial charge in [-0.25, -0.2) is 4.39 Å². The molecule has 2 rings (SSSR count). The zero-order chi connectivity index (χ0) is 9.26. The van der Waals surface area contributed by atoms with E-state index in [-0.39, 0.29) is 5.82 Å². The standard InChI is InChI=1S/C8H6FN4/c1-6-10-11-12-13(6)8-4-2-3-7(9)5-8/h2-5H,1H2. The molecular formula is C8H6FN4. The van der Waals surface area contributed by atoms with Gasteiger partial charge in [0.2, 0.25) is 0 Å². The first-order valence-electron chi connectivity index (χ1n) is 3.63. The van der Waals surface area contributed by atoms with Crippen molar-refractivity contribution in [1.29, 1.82) is 0 Å². The Hall–Kier alpha value is -1.78. The van der Waals surface area contributed by atoms with Crippen LogP contribution in [-0.2, 0) is 0 Å². The minimum Gasteiger partial charge on any atom is -0.207 e. The molecule has 1 aromatic carbocycles. The van der Waals surface area contributed by atoms with E-state index in [1.807, 2.05) is 0 Å². The lowest BCUT2D eigenvalue weighted by molar-refractivity contribution is 0.624. The molecular weight excluding hydrogens is 171 g/mol. The van der Waals surface area contributed by atoms with Crippen molar-refractivity contribution in [3.05, 3.63) is 42.8 Å². The van der Waals surface area contributed by atoms with Crippen molar-refractivity contribution in [3.63, 3.8) is 0 Å². The summed E-state index contributed by atoms with van der Waals surface area (Å²) in [7, 11) is 0. The fraction of sp³-hybridized carbons (Fsp3) is 0. The summed E-state index contributed by atoms with van der Waals surface area (Å²) < 4.78 is 14.2. The van der Waals surface area contributed by atoms with E-state index in [4.69, 9.17) is 0 Å². The summed E-state index contributed by atoms with van der Waals surface area (Å²) >= 11 is 0. The topological polar surface area (TPSA) is 43.6 Å². The van der Waals surface area contributed by atoms with Crippen molar-refractivity contribution in [1.82, 2.24) is 20.2 Å². The van der Waals surface area contributed by atoms with Gasteiger partial charge in [0.1, 0.15) is 5.82 Å². The lowest BCUT2D eigenvalue weighted by Gasteiger charge is -1.99. The van der Waals surface area contributed by atoms with Gasteiger partial charge in [0, 0.05) is 6.92 Å². The zero-order valence-corrected chi connectivity index (χ0v) is 6.68. The SMILES string of the molecule is [CH2]c1nnnn1-c1cccc(F)c1. The number of nitrogens with zero attached hydrogens (tertiary/aromatic N) is 4. The Morgan fingerprint density at radius 1 is 1.38 bits per heavy atom. The largest absolute Gasteiger partial charge is 0.207 e. The van der Waals surface area contributed by atoms with Crippen LogP contribution < -0.4 is 0 Å². The molecule has 0 unspecified atom stereocenters. The highest BCUT2D eigenvalue weighted by Crippen LogP contribution is 2.08. The highest BCUT2D eigenvalue weighted by molar-refractivity contribution is 5.31. The first-order valence-corrected chi connectivity index (χ1v) is 3.63. The summed E-state index contributed by atoms with van der Waals surface area (Å²) in [4.78, 5) is 0. The van der Waals surface area contributed by atoms with Gasteiger partial charge in [-0.05, 0) is 28.6 Å². The van der Waals surface area contributed by atoms with Crippen molar-refractivity contribution >= 4 is 0 Å². The van der Waals surface area contributed by atoms with E-state index >= 15 is 0 Å². The number of aromatic nitrogens is 4. The van der Waals surface area contributed by atoms with Gasteiger partial charge in [0.25, 0.3) is 0 Å². The van der Waals surface area contributed by atoms with Gasteiger partial charge in [-0.1, -0.05) is 6.07 Å². The summed E-state index contributed by atoms with van der Waals surface area (Å²) in [6.45, 7) is 3.59. The number of benzene rings is 1. The van der Waals surface area contributed by atoms with E-state index in [1.54, 1.807) is 12.1 Å². The molecule has 0 N–H and O–H groups in total. The van der Waals surface area contributed by atoms with Crippen molar-refractivity contribution in [2.75, 3.05) is 0 Å². The van der Waals surface area contributed by atoms with E-state index in [0.29, 0.717) is 11.5 Å². The summed E-state index contributed by atoms with van der Waals surface area (Å²) in [6.07, 6.45) is 0. The van der Waals surface area contributed by atoms with E-state index in [9.17, 15) is 4.39 Å². The number of rotatable bonds is 1. The molecule has 0 saturated heterocycles. The van der Waals surface area contributed by atoms with Crippen molar-refractivity contribution in [2.45, 2.75) is 0 Å². The van der Waals surface area contributed by atoms with Crippen LogP contribution in [0.4, 0.5) is 4.39 Å².